The van der Waals surface area contributed by atoms with Gasteiger partial charge < -0.3 is 34.4 Å². The Morgan fingerprint density at radius 2 is 1.75 bits per heavy atom. The molecule has 8 heavy (non-hydrogen) atoms. The Hall–Kier alpha value is 0.530. The number of rotatable bonds is 1. The Labute approximate surface area is 64.8 Å². The van der Waals surface area contributed by atoms with Crippen LogP contribution in [-0.2, 0) is 0 Å². The van der Waals surface area contributed by atoms with Gasteiger partial charge in [-0.05, 0) is 0 Å². The molecule has 0 saturated heterocycles. The predicted octanol–water partition coefficient (Wildman–Crippen LogP) is -5.26. The molecule has 0 spiro atoms. The van der Waals surface area contributed by atoms with E-state index in [9.17, 15) is 10.4 Å². The van der Waals surface area contributed by atoms with E-state index in [0.29, 0.717) is 0 Å². The van der Waals surface area contributed by atoms with Crippen molar-refractivity contribution in [3.63, 3.8) is 0 Å². The van der Waals surface area contributed by atoms with Gasteiger partial charge in [0, 0.05) is 0 Å². The molecule has 5 nitrogen and oxygen atoms in total. The van der Waals surface area contributed by atoms with Gasteiger partial charge in [0.05, 0.1) is 0 Å². The maximum atomic E-state index is 10.2. The Bertz CT molecular complexity index is 60.8. The van der Waals surface area contributed by atoms with Gasteiger partial charge in [0.1, 0.15) is 14.1 Å². The molecule has 0 aromatic carbocycles. The van der Waals surface area contributed by atoms with Crippen molar-refractivity contribution < 1.29 is 34.0 Å². The van der Waals surface area contributed by atoms with E-state index >= 15 is 0 Å². The van der Waals surface area contributed by atoms with Crippen LogP contribution in [0, 0.1) is 10.4 Å². The Morgan fingerprint density at radius 1 is 1.62 bits per heavy atom. The molecule has 6 heteroatoms. The highest BCUT2D eigenvalue weighted by atomic mass is 127. The minimum atomic E-state index is -1.33. The maximum Gasteiger partial charge on any atom is 0.132 e. The van der Waals surface area contributed by atoms with Crippen LogP contribution in [0.2, 0.25) is 0 Å². The summed E-state index contributed by atoms with van der Waals surface area (Å²) in [5.74, 6) is 4.71. The van der Waals surface area contributed by atoms with Crippen molar-refractivity contribution in [1.29, 1.82) is 0 Å². The molecule has 0 aliphatic carbocycles. The number of quaternary nitrogens is 2. The second-order valence-corrected chi connectivity index (χ2v) is 1.51. The topological polar surface area (TPSA) is 76.6 Å². The first-order valence-corrected chi connectivity index (χ1v) is 1.82. The third-order valence-corrected chi connectivity index (χ3v) is 0.625. The number of halogens is 1. The summed E-state index contributed by atoms with van der Waals surface area (Å²) >= 11 is 0. The molecule has 0 amide bonds. The first-order chi connectivity index (χ1) is 2.94. The highest BCUT2D eigenvalue weighted by Gasteiger charge is 2.02. The molecule has 0 rings (SSSR count). The van der Waals surface area contributed by atoms with Gasteiger partial charge in [0.2, 0.25) is 0 Å². The Balaban J connectivity index is 0. The van der Waals surface area contributed by atoms with Crippen LogP contribution in [0.4, 0.5) is 0 Å². The Morgan fingerprint density at radius 3 is 1.75 bits per heavy atom. The summed E-state index contributed by atoms with van der Waals surface area (Å²) in [6.45, 7) is 0. The fourth-order valence-electron chi connectivity index (χ4n) is 0. The summed E-state index contributed by atoms with van der Waals surface area (Å²) in [5, 5.41) is 19.6. The molecule has 0 heterocycles. The molecule has 0 aliphatic rings. The molecule has 0 aliphatic heterocycles. The number of hydroxylamine groups is 2. The van der Waals surface area contributed by atoms with Crippen LogP contribution in [-0.4, -0.2) is 19.0 Å². The summed E-state index contributed by atoms with van der Waals surface area (Å²) < 4.78 is 0. The Kier molecular flexibility index (Phi) is 5.01. The zero-order valence-corrected chi connectivity index (χ0v) is 6.88. The van der Waals surface area contributed by atoms with E-state index in [0.717, 1.165) is 14.1 Å². The zero-order valence-electron chi connectivity index (χ0n) is 4.72. The first-order valence-electron chi connectivity index (χ1n) is 1.82. The first kappa shape index (κ1) is 11.3. The summed E-state index contributed by atoms with van der Waals surface area (Å²) in [7, 11) is 2.22. The average Bonchev–Trinajstić information content (AvgIpc) is 1.31. The summed E-state index contributed by atoms with van der Waals surface area (Å²) in [6, 6.07) is 0. The van der Waals surface area contributed by atoms with Crippen molar-refractivity contribution in [3.8, 4) is 0 Å². The molecule has 2 atom stereocenters. The molecule has 52 valence electrons. The predicted molar refractivity (Wildman–Crippen MR) is 24.0 cm³/mol. The lowest BCUT2D eigenvalue weighted by molar-refractivity contribution is -1.45. The third-order valence-electron chi connectivity index (χ3n) is 0.625. The van der Waals surface area contributed by atoms with E-state index in [2.05, 4.69) is 0 Å². The standard InChI is InChI=1S/C2H9N3O2.HI/c1-4(6)5(2,3)7;/h4H,3H2,1-2H3;1H/p-1. The van der Waals surface area contributed by atoms with E-state index in [1.165, 1.54) is 0 Å². The van der Waals surface area contributed by atoms with Crippen molar-refractivity contribution in [1.82, 2.24) is 0 Å². The van der Waals surface area contributed by atoms with Gasteiger partial charge in [0.15, 0.2) is 0 Å². The molecule has 3 N–H and O–H groups in total. The van der Waals surface area contributed by atoms with E-state index in [4.69, 9.17) is 5.84 Å². The van der Waals surface area contributed by atoms with Crippen LogP contribution < -0.4 is 35.0 Å². The molecular weight excluding hydrogens is 225 g/mol. The fourth-order valence-corrected chi connectivity index (χ4v) is 0. The average molecular weight is 234 g/mol. The van der Waals surface area contributed by atoms with E-state index < -0.39 is 10.0 Å². The molecule has 0 radical (unpaired) electrons. The van der Waals surface area contributed by atoms with Gasteiger partial charge in [-0.15, -0.1) is 10.7 Å². The van der Waals surface area contributed by atoms with Crippen molar-refractivity contribution in [3.05, 3.63) is 10.4 Å². The van der Waals surface area contributed by atoms with Gasteiger partial charge >= 0.3 is 0 Å². The fraction of sp³-hybridized carbons (Fsp3) is 1.00. The van der Waals surface area contributed by atoms with Gasteiger partial charge in [-0.2, -0.15) is 5.17 Å². The molecule has 0 bridgehead atoms. The van der Waals surface area contributed by atoms with Crippen molar-refractivity contribution in [2.45, 2.75) is 0 Å². The lowest BCUT2D eigenvalue weighted by atomic mass is 11.3. The van der Waals surface area contributed by atoms with Crippen LogP contribution in [0.25, 0.3) is 0 Å². The normalized spacial score (nSPS) is 20.6. The second kappa shape index (κ2) is 3.54. The molecule has 2 unspecified atom stereocenters. The summed E-state index contributed by atoms with van der Waals surface area (Å²) in [5.41, 5.74) is 0. The lowest BCUT2D eigenvalue weighted by Crippen LogP contribution is -3.18. The molecule has 0 aromatic heterocycles. The monoisotopic (exact) mass is 234 g/mol. The summed E-state index contributed by atoms with van der Waals surface area (Å²) in [4.78, 5) is -1.33. The molecule has 0 fully saturated rings. The van der Waals surface area contributed by atoms with Crippen LogP contribution in [0.15, 0.2) is 0 Å². The quantitative estimate of drug-likeness (QED) is 0.206. The van der Waals surface area contributed by atoms with Gasteiger partial charge in [-0.25, -0.2) is 0 Å². The van der Waals surface area contributed by atoms with Crippen LogP contribution in [0.5, 0.6) is 0 Å². The van der Waals surface area contributed by atoms with Crippen LogP contribution in [0.1, 0.15) is 0 Å². The number of hydrogen-bond donors (Lipinski definition) is 2. The van der Waals surface area contributed by atoms with Crippen molar-refractivity contribution in [2.75, 3.05) is 14.1 Å². The smallest absolute Gasteiger partial charge is 0.132 e. The van der Waals surface area contributed by atoms with Crippen molar-refractivity contribution in [2.24, 2.45) is 5.84 Å². The highest BCUT2D eigenvalue weighted by molar-refractivity contribution is 3.98. The van der Waals surface area contributed by atoms with Gasteiger partial charge in [-0.3, -0.25) is 0 Å². The number of nitrogens with zero attached hydrogens (tertiary/aromatic N) is 1. The molecule has 0 aromatic rings. The van der Waals surface area contributed by atoms with Crippen molar-refractivity contribution >= 4 is 0 Å². The van der Waals surface area contributed by atoms with Crippen LogP contribution >= 0.6 is 0 Å². The number of hydrogen-bond acceptors (Lipinski definition) is 3. The lowest BCUT2D eigenvalue weighted by Gasteiger charge is -2.36. The number of nitrogens with two attached hydrogens (primary N) is 1. The highest BCUT2D eigenvalue weighted by Crippen LogP contribution is 1.63. The maximum absolute atomic E-state index is 10.2. The number of nitrogens with one attached hydrogen (secondary N) is 1. The van der Waals surface area contributed by atoms with E-state index in [-0.39, 0.29) is 24.0 Å². The zero-order chi connectivity index (χ0) is 6.08. The summed E-state index contributed by atoms with van der Waals surface area (Å²) in [6.07, 6.45) is 0. The minimum absolute atomic E-state index is 0. The largest absolute Gasteiger partial charge is 1.00 e. The molecule has 0 saturated carbocycles. The second-order valence-electron chi connectivity index (χ2n) is 1.51. The molecular formula is C2H9IN3O2-. The van der Waals surface area contributed by atoms with Gasteiger partial charge in [-0.1, -0.05) is 0 Å². The third kappa shape index (κ3) is 4.68. The van der Waals surface area contributed by atoms with E-state index in [1.54, 1.807) is 0 Å². The van der Waals surface area contributed by atoms with Gasteiger partial charge in [0.25, 0.3) is 0 Å². The van der Waals surface area contributed by atoms with E-state index in [1.807, 2.05) is 0 Å². The minimum Gasteiger partial charge on any atom is -1.00 e. The van der Waals surface area contributed by atoms with Crippen LogP contribution in [0.3, 0.4) is 0 Å². The SMILES string of the molecule is C[NH+]([O-])[N+](C)(N)[O-].[I-].